The van der Waals surface area contributed by atoms with Crippen LogP contribution in [-0.2, 0) is 16.4 Å². The Hall–Kier alpha value is -2.03. The highest BCUT2D eigenvalue weighted by molar-refractivity contribution is 5.81. The molecule has 1 aliphatic carbocycles. The van der Waals surface area contributed by atoms with E-state index in [1.807, 2.05) is 13.0 Å². The van der Waals surface area contributed by atoms with Gasteiger partial charge in [0.05, 0.1) is 17.0 Å². The molecule has 0 spiro atoms. The summed E-state index contributed by atoms with van der Waals surface area (Å²) in [7, 11) is 0. The van der Waals surface area contributed by atoms with E-state index >= 15 is 0 Å². The van der Waals surface area contributed by atoms with Gasteiger partial charge in [0.1, 0.15) is 0 Å². The van der Waals surface area contributed by atoms with Gasteiger partial charge in [-0.15, -0.1) is 0 Å². The molecule has 2 rings (SSSR count). The highest BCUT2D eigenvalue weighted by atomic mass is 19.4. The maximum Gasteiger partial charge on any atom is 0.416 e. The third kappa shape index (κ3) is 3.84. The van der Waals surface area contributed by atoms with Gasteiger partial charge in [-0.1, -0.05) is 31.5 Å². The number of hydrogen-bond donors (Lipinski definition) is 1. The number of nitrogens with zero attached hydrogens (tertiary/aromatic N) is 1. The minimum atomic E-state index is -4.46. The lowest BCUT2D eigenvalue weighted by atomic mass is 9.83. The summed E-state index contributed by atoms with van der Waals surface area (Å²) in [4.78, 5) is 12.0. The summed E-state index contributed by atoms with van der Waals surface area (Å²) in [6.07, 6.45) is -2.69. The average molecular weight is 324 g/mol. The van der Waals surface area contributed by atoms with Crippen LogP contribution in [0.5, 0.6) is 0 Å². The molecule has 1 fully saturated rings. The smallest absolute Gasteiger partial charge is 0.354 e. The standard InChI is InChI=1S/C17H19F3N2O/c1-3-11-7-14(11)15(23)22-10-16(2,9-21)12-5-4-6-13(8-12)17(18,19)20/h4-6,8,11,14H,3,7,10H2,1-2H3,(H,22,23)/t11-,14-,16?/m0/s1. The molecule has 1 aromatic rings. The molecule has 1 aliphatic rings. The molecule has 3 atom stereocenters. The Bertz CT molecular complexity index is 635. The average Bonchev–Trinajstić information content (AvgIpc) is 3.31. The minimum absolute atomic E-state index is 0.00339. The monoisotopic (exact) mass is 324 g/mol. The fourth-order valence-corrected chi connectivity index (χ4v) is 2.66. The van der Waals surface area contributed by atoms with Crippen molar-refractivity contribution in [2.75, 3.05) is 6.54 Å². The third-order valence-corrected chi connectivity index (χ3v) is 4.47. The molecule has 0 aliphatic heterocycles. The number of alkyl halides is 3. The summed E-state index contributed by atoms with van der Waals surface area (Å²) in [6, 6.07) is 6.74. The first kappa shape index (κ1) is 17.3. The summed E-state index contributed by atoms with van der Waals surface area (Å²) in [5.74, 6) is 0.242. The zero-order valence-electron chi connectivity index (χ0n) is 13.1. The fourth-order valence-electron chi connectivity index (χ4n) is 2.66. The first-order valence-electron chi connectivity index (χ1n) is 7.58. The summed E-state index contributed by atoms with van der Waals surface area (Å²) in [5.41, 5.74) is -1.75. The molecule has 124 valence electrons. The van der Waals surface area contributed by atoms with E-state index in [1.54, 1.807) is 0 Å². The normalized spacial score (nSPS) is 22.8. The van der Waals surface area contributed by atoms with E-state index in [-0.39, 0.29) is 23.9 Å². The largest absolute Gasteiger partial charge is 0.416 e. The molecule has 1 unspecified atom stereocenters. The molecule has 0 radical (unpaired) electrons. The van der Waals surface area contributed by atoms with Crippen molar-refractivity contribution in [3.8, 4) is 6.07 Å². The Kier molecular flexibility index (Phi) is 4.69. The summed E-state index contributed by atoms with van der Waals surface area (Å²) < 4.78 is 38.5. The molecule has 1 aromatic carbocycles. The van der Waals surface area contributed by atoms with Crippen LogP contribution in [0.1, 0.15) is 37.8 Å². The van der Waals surface area contributed by atoms with E-state index in [4.69, 9.17) is 0 Å². The van der Waals surface area contributed by atoms with E-state index in [1.165, 1.54) is 19.1 Å². The number of benzene rings is 1. The van der Waals surface area contributed by atoms with Gasteiger partial charge in [-0.25, -0.2) is 0 Å². The van der Waals surface area contributed by atoms with Crippen molar-refractivity contribution in [2.24, 2.45) is 11.8 Å². The number of nitriles is 1. The molecule has 6 heteroatoms. The van der Waals surface area contributed by atoms with E-state index in [0.29, 0.717) is 5.92 Å². The van der Waals surface area contributed by atoms with Crippen LogP contribution in [0, 0.1) is 23.2 Å². The number of carbonyl (C=O) groups is 1. The summed E-state index contributed by atoms with van der Waals surface area (Å²) in [6.45, 7) is 3.55. The molecule has 0 aromatic heterocycles. The van der Waals surface area contributed by atoms with Gasteiger partial charge in [0.2, 0.25) is 5.91 Å². The van der Waals surface area contributed by atoms with Crippen molar-refractivity contribution < 1.29 is 18.0 Å². The van der Waals surface area contributed by atoms with Gasteiger partial charge >= 0.3 is 6.18 Å². The van der Waals surface area contributed by atoms with Crippen LogP contribution in [0.3, 0.4) is 0 Å². The van der Waals surface area contributed by atoms with Crippen molar-refractivity contribution >= 4 is 5.91 Å². The van der Waals surface area contributed by atoms with Gasteiger partial charge in [-0.3, -0.25) is 4.79 Å². The molecule has 23 heavy (non-hydrogen) atoms. The Morgan fingerprint density at radius 1 is 1.39 bits per heavy atom. The molecule has 0 bridgehead atoms. The van der Waals surface area contributed by atoms with Gasteiger partial charge in [0, 0.05) is 12.5 Å². The molecule has 3 nitrogen and oxygen atoms in total. The van der Waals surface area contributed by atoms with Crippen LogP contribution in [-0.4, -0.2) is 12.5 Å². The molecule has 1 saturated carbocycles. The summed E-state index contributed by atoms with van der Waals surface area (Å²) in [5, 5.41) is 12.1. The van der Waals surface area contributed by atoms with Crippen LogP contribution in [0.4, 0.5) is 13.2 Å². The van der Waals surface area contributed by atoms with Crippen molar-refractivity contribution in [1.29, 1.82) is 5.26 Å². The van der Waals surface area contributed by atoms with Crippen LogP contribution in [0.2, 0.25) is 0 Å². The van der Waals surface area contributed by atoms with Crippen molar-refractivity contribution in [1.82, 2.24) is 5.32 Å². The third-order valence-electron chi connectivity index (χ3n) is 4.47. The van der Waals surface area contributed by atoms with Crippen LogP contribution >= 0.6 is 0 Å². The molecule has 0 heterocycles. The first-order valence-corrected chi connectivity index (χ1v) is 7.58. The SMILES string of the molecule is CC[C@H]1C[C@@H]1C(=O)NCC(C)(C#N)c1cccc(C(F)(F)F)c1. The number of nitrogens with one attached hydrogen (secondary N) is 1. The zero-order valence-corrected chi connectivity index (χ0v) is 13.1. The van der Waals surface area contributed by atoms with Crippen LogP contribution in [0.15, 0.2) is 24.3 Å². The molecule has 1 amide bonds. The predicted octanol–water partition coefficient (Wildman–Crippen LogP) is 3.65. The number of halogens is 3. The number of rotatable bonds is 5. The number of amides is 1. The second kappa shape index (κ2) is 6.23. The van der Waals surface area contributed by atoms with Crippen LogP contribution < -0.4 is 5.32 Å². The van der Waals surface area contributed by atoms with Crippen molar-refractivity contribution in [3.05, 3.63) is 35.4 Å². The lowest BCUT2D eigenvalue weighted by Crippen LogP contribution is -2.38. The fraction of sp³-hybridized carbons (Fsp3) is 0.529. The predicted molar refractivity (Wildman–Crippen MR) is 79.3 cm³/mol. The maximum atomic E-state index is 12.8. The van der Waals surface area contributed by atoms with Crippen LogP contribution in [0.25, 0.3) is 0 Å². The lowest BCUT2D eigenvalue weighted by Gasteiger charge is -2.23. The second-order valence-corrected chi connectivity index (χ2v) is 6.25. The van der Waals surface area contributed by atoms with E-state index < -0.39 is 17.2 Å². The Labute approximate surface area is 133 Å². The molecular formula is C17H19F3N2O. The zero-order chi connectivity index (χ0) is 17.3. The molecule has 1 N–H and O–H groups in total. The van der Waals surface area contributed by atoms with E-state index in [9.17, 15) is 23.2 Å². The van der Waals surface area contributed by atoms with Gasteiger partial charge in [0.15, 0.2) is 0 Å². The lowest BCUT2D eigenvalue weighted by molar-refractivity contribution is -0.137. The van der Waals surface area contributed by atoms with Gasteiger partial charge < -0.3 is 5.32 Å². The molecular weight excluding hydrogens is 305 g/mol. The minimum Gasteiger partial charge on any atom is -0.354 e. The first-order chi connectivity index (χ1) is 10.7. The number of hydrogen-bond acceptors (Lipinski definition) is 2. The van der Waals surface area contributed by atoms with Gasteiger partial charge in [0.25, 0.3) is 0 Å². The Morgan fingerprint density at radius 2 is 2.04 bits per heavy atom. The van der Waals surface area contributed by atoms with E-state index in [2.05, 4.69) is 5.32 Å². The van der Waals surface area contributed by atoms with Gasteiger partial charge in [-0.2, -0.15) is 18.4 Å². The maximum absolute atomic E-state index is 12.8. The van der Waals surface area contributed by atoms with E-state index in [0.717, 1.165) is 25.0 Å². The van der Waals surface area contributed by atoms with Crippen molar-refractivity contribution in [3.63, 3.8) is 0 Å². The highest BCUT2D eigenvalue weighted by Gasteiger charge is 2.42. The second-order valence-electron chi connectivity index (χ2n) is 6.25. The Morgan fingerprint density at radius 3 is 2.57 bits per heavy atom. The molecule has 0 saturated heterocycles. The summed E-state index contributed by atoms with van der Waals surface area (Å²) >= 11 is 0. The van der Waals surface area contributed by atoms with Gasteiger partial charge in [-0.05, 0) is 30.9 Å². The highest BCUT2D eigenvalue weighted by Crippen LogP contribution is 2.41. The quantitative estimate of drug-likeness (QED) is 0.899. The Balaban J connectivity index is 2.11. The van der Waals surface area contributed by atoms with Crippen molar-refractivity contribution in [2.45, 2.75) is 38.3 Å². The topological polar surface area (TPSA) is 52.9 Å². The number of carbonyl (C=O) groups excluding carboxylic acids is 1.